The smallest absolute Gasteiger partial charge is 0.227 e. The normalized spacial score (nSPS) is 16.3. The van der Waals surface area contributed by atoms with Crippen LogP contribution in [-0.2, 0) is 11.8 Å². The standard InChI is InChI=1S/C25H26N6O/c1-17(32)24-15-26-13-14-31(24)19-9-7-18(8-10-19)28-25-27-12-11-22(29-25)21-16-30(2)23-6-4-3-5-20(21)23/h3-12,16,24,26H,13-15H2,1-2H3,(H,27,28,29). The second-order valence-electron chi connectivity index (χ2n) is 8.13. The third kappa shape index (κ3) is 3.83. The number of carbonyl (C=O) groups excluding carboxylic acids is 1. The molecule has 1 aliphatic rings. The lowest BCUT2D eigenvalue weighted by molar-refractivity contribution is -0.118. The number of para-hydroxylation sites is 1. The van der Waals surface area contributed by atoms with Crippen molar-refractivity contribution in [2.24, 2.45) is 7.05 Å². The van der Waals surface area contributed by atoms with Crippen molar-refractivity contribution in [2.45, 2.75) is 13.0 Å². The molecule has 0 bridgehead atoms. The Bertz CT molecular complexity index is 1260. The summed E-state index contributed by atoms with van der Waals surface area (Å²) in [6.07, 6.45) is 3.88. The fourth-order valence-electron chi connectivity index (χ4n) is 4.36. The van der Waals surface area contributed by atoms with E-state index in [9.17, 15) is 4.79 Å². The summed E-state index contributed by atoms with van der Waals surface area (Å²) >= 11 is 0. The Morgan fingerprint density at radius 2 is 1.94 bits per heavy atom. The van der Waals surface area contributed by atoms with Gasteiger partial charge in [-0.15, -0.1) is 0 Å². The van der Waals surface area contributed by atoms with E-state index in [1.54, 1.807) is 13.1 Å². The molecule has 7 nitrogen and oxygen atoms in total. The average molecular weight is 427 g/mol. The van der Waals surface area contributed by atoms with Gasteiger partial charge in [0.25, 0.3) is 0 Å². The zero-order chi connectivity index (χ0) is 22.1. The number of anilines is 3. The lowest BCUT2D eigenvalue weighted by Gasteiger charge is -2.36. The van der Waals surface area contributed by atoms with Crippen LogP contribution in [0.2, 0.25) is 0 Å². The van der Waals surface area contributed by atoms with Crippen molar-refractivity contribution < 1.29 is 4.79 Å². The number of ketones is 1. The summed E-state index contributed by atoms with van der Waals surface area (Å²) in [5.74, 6) is 0.727. The quantitative estimate of drug-likeness (QED) is 0.506. The van der Waals surface area contributed by atoms with Crippen LogP contribution in [0.25, 0.3) is 22.2 Å². The third-order valence-electron chi connectivity index (χ3n) is 6.00. The average Bonchev–Trinajstić information content (AvgIpc) is 3.16. The predicted octanol–water partition coefficient (Wildman–Crippen LogP) is 3.75. The van der Waals surface area contributed by atoms with Gasteiger partial charge < -0.3 is 20.1 Å². The largest absolute Gasteiger partial charge is 0.359 e. The molecule has 3 heterocycles. The molecule has 4 aromatic rings. The Morgan fingerprint density at radius 3 is 2.75 bits per heavy atom. The van der Waals surface area contributed by atoms with Gasteiger partial charge in [-0.05, 0) is 43.3 Å². The topological polar surface area (TPSA) is 75.1 Å². The maximum atomic E-state index is 12.0. The predicted molar refractivity (Wildman–Crippen MR) is 128 cm³/mol. The maximum absolute atomic E-state index is 12.0. The van der Waals surface area contributed by atoms with Gasteiger partial charge in [0.05, 0.1) is 11.7 Å². The van der Waals surface area contributed by atoms with Gasteiger partial charge in [-0.1, -0.05) is 18.2 Å². The Morgan fingerprint density at radius 1 is 1.12 bits per heavy atom. The van der Waals surface area contributed by atoms with E-state index in [-0.39, 0.29) is 11.8 Å². The second kappa shape index (κ2) is 8.43. The minimum absolute atomic E-state index is 0.122. The number of nitrogens with zero attached hydrogens (tertiary/aromatic N) is 4. The summed E-state index contributed by atoms with van der Waals surface area (Å²) in [5.41, 5.74) is 5.07. The molecule has 5 rings (SSSR count). The van der Waals surface area contributed by atoms with E-state index in [4.69, 9.17) is 4.98 Å². The van der Waals surface area contributed by atoms with Crippen LogP contribution in [0.5, 0.6) is 0 Å². The molecule has 1 unspecified atom stereocenters. The SMILES string of the molecule is CC(=O)C1CNCCN1c1ccc(Nc2nccc(-c3cn(C)c4ccccc34)n2)cc1. The van der Waals surface area contributed by atoms with E-state index in [1.165, 1.54) is 10.9 Å². The summed E-state index contributed by atoms with van der Waals surface area (Å²) in [6, 6.07) is 18.2. The van der Waals surface area contributed by atoms with Crippen molar-refractivity contribution >= 4 is 34.0 Å². The number of benzene rings is 2. The fraction of sp³-hybridized carbons (Fsp3) is 0.240. The van der Waals surface area contributed by atoms with Crippen molar-refractivity contribution in [3.8, 4) is 11.3 Å². The fourth-order valence-corrected chi connectivity index (χ4v) is 4.36. The Balaban J connectivity index is 1.37. The van der Waals surface area contributed by atoms with Gasteiger partial charge in [0.15, 0.2) is 5.78 Å². The summed E-state index contributed by atoms with van der Waals surface area (Å²) < 4.78 is 2.11. The number of nitrogens with one attached hydrogen (secondary N) is 2. The van der Waals surface area contributed by atoms with Gasteiger partial charge in [-0.3, -0.25) is 4.79 Å². The third-order valence-corrected chi connectivity index (χ3v) is 6.00. The first-order valence-electron chi connectivity index (χ1n) is 10.8. The number of carbonyl (C=O) groups is 1. The van der Waals surface area contributed by atoms with Crippen LogP contribution in [0.1, 0.15) is 6.92 Å². The number of fused-ring (bicyclic) bond motifs is 1. The van der Waals surface area contributed by atoms with Crippen LogP contribution < -0.4 is 15.5 Å². The van der Waals surface area contributed by atoms with Gasteiger partial charge in [0, 0.05) is 66.9 Å². The molecule has 32 heavy (non-hydrogen) atoms. The summed E-state index contributed by atoms with van der Waals surface area (Å²) in [7, 11) is 2.04. The Kier molecular flexibility index (Phi) is 5.33. The minimum atomic E-state index is -0.122. The van der Waals surface area contributed by atoms with Crippen LogP contribution in [0.4, 0.5) is 17.3 Å². The Hall–Kier alpha value is -3.71. The lowest BCUT2D eigenvalue weighted by atomic mass is 10.1. The van der Waals surface area contributed by atoms with Crippen LogP contribution in [0.15, 0.2) is 67.0 Å². The number of rotatable bonds is 5. The van der Waals surface area contributed by atoms with Crippen LogP contribution in [-0.4, -0.2) is 46.0 Å². The molecular formula is C25H26N6O. The van der Waals surface area contributed by atoms with Crippen LogP contribution in [0, 0.1) is 0 Å². The van der Waals surface area contributed by atoms with Crippen molar-refractivity contribution in [3.63, 3.8) is 0 Å². The van der Waals surface area contributed by atoms with E-state index in [2.05, 4.69) is 43.4 Å². The summed E-state index contributed by atoms with van der Waals surface area (Å²) in [6.45, 7) is 4.02. The molecule has 1 saturated heterocycles. The van der Waals surface area contributed by atoms with Crippen molar-refractivity contribution in [1.29, 1.82) is 0 Å². The van der Waals surface area contributed by atoms with Crippen molar-refractivity contribution in [3.05, 3.63) is 67.0 Å². The zero-order valence-corrected chi connectivity index (χ0v) is 18.2. The number of hydrogen-bond acceptors (Lipinski definition) is 6. The maximum Gasteiger partial charge on any atom is 0.227 e. The zero-order valence-electron chi connectivity index (χ0n) is 18.2. The number of hydrogen-bond donors (Lipinski definition) is 2. The molecule has 162 valence electrons. The van der Waals surface area contributed by atoms with E-state index in [1.807, 2.05) is 49.5 Å². The first kappa shape index (κ1) is 20.2. The number of aromatic nitrogens is 3. The number of aryl methyl sites for hydroxylation is 1. The van der Waals surface area contributed by atoms with E-state index < -0.39 is 0 Å². The highest BCUT2D eigenvalue weighted by atomic mass is 16.1. The van der Waals surface area contributed by atoms with Gasteiger partial charge >= 0.3 is 0 Å². The highest BCUT2D eigenvalue weighted by Crippen LogP contribution is 2.29. The summed E-state index contributed by atoms with van der Waals surface area (Å²) in [5, 5.41) is 7.77. The lowest BCUT2D eigenvalue weighted by Crippen LogP contribution is -2.54. The first-order chi connectivity index (χ1) is 15.6. The Labute approximate surface area is 187 Å². The first-order valence-corrected chi connectivity index (χ1v) is 10.8. The molecule has 2 N–H and O–H groups in total. The second-order valence-corrected chi connectivity index (χ2v) is 8.13. The molecule has 0 aliphatic carbocycles. The number of Topliss-reactive ketones (excluding diaryl/α,β-unsaturated/α-hetero) is 1. The molecule has 0 spiro atoms. The van der Waals surface area contributed by atoms with Gasteiger partial charge in [-0.25, -0.2) is 9.97 Å². The molecule has 7 heteroatoms. The van der Waals surface area contributed by atoms with E-state index in [0.29, 0.717) is 12.5 Å². The molecular weight excluding hydrogens is 400 g/mol. The van der Waals surface area contributed by atoms with E-state index in [0.717, 1.165) is 35.7 Å². The highest BCUT2D eigenvalue weighted by Gasteiger charge is 2.25. The van der Waals surface area contributed by atoms with Crippen molar-refractivity contribution in [2.75, 3.05) is 29.9 Å². The van der Waals surface area contributed by atoms with Gasteiger partial charge in [-0.2, -0.15) is 0 Å². The number of piperazine rings is 1. The van der Waals surface area contributed by atoms with Crippen LogP contribution in [0.3, 0.4) is 0 Å². The van der Waals surface area contributed by atoms with Gasteiger partial charge in [0.1, 0.15) is 0 Å². The summed E-state index contributed by atoms with van der Waals surface area (Å²) in [4.78, 5) is 23.3. The molecule has 1 fully saturated rings. The molecule has 0 radical (unpaired) electrons. The monoisotopic (exact) mass is 426 g/mol. The molecule has 0 amide bonds. The van der Waals surface area contributed by atoms with Crippen molar-refractivity contribution in [1.82, 2.24) is 19.9 Å². The molecule has 2 aromatic carbocycles. The molecule has 1 atom stereocenters. The molecule has 2 aromatic heterocycles. The van der Waals surface area contributed by atoms with E-state index >= 15 is 0 Å². The minimum Gasteiger partial charge on any atom is -0.359 e. The molecule has 1 aliphatic heterocycles. The van der Waals surface area contributed by atoms with Crippen LogP contribution >= 0.6 is 0 Å². The highest BCUT2D eigenvalue weighted by molar-refractivity contribution is 5.95. The molecule has 0 saturated carbocycles. The van der Waals surface area contributed by atoms with Gasteiger partial charge in [0.2, 0.25) is 5.95 Å².